The van der Waals surface area contributed by atoms with Gasteiger partial charge in [-0.25, -0.2) is 4.99 Å². The number of amidine groups is 1. The monoisotopic (exact) mass is 360 g/mol. The maximum atomic E-state index is 12.3. The summed E-state index contributed by atoms with van der Waals surface area (Å²) in [5, 5.41) is 5.61. The number of benzene rings is 3. The number of rotatable bonds is 3. The molecule has 3 aromatic carbocycles. The molecule has 0 bridgehead atoms. The maximum Gasteiger partial charge on any atom is 0.264 e. The topological polar surface area (TPSA) is 50.7 Å². The lowest BCUT2D eigenvalue weighted by Gasteiger charge is -2.02. The van der Waals surface area contributed by atoms with Crippen LogP contribution in [0.3, 0.4) is 0 Å². The molecule has 1 fully saturated rings. The highest BCUT2D eigenvalue weighted by Crippen LogP contribution is 2.31. The first-order valence-corrected chi connectivity index (χ1v) is 8.96. The minimum Gasteiger partial charge on any atom is -0.497 e. The van der Waals surface area contributed by atoms with Crippen LogP contribution in [0.15, 0.2) is 76.6 Å². The van der Waals surface area contributed by atoms with Gasteiger partial charge >= 0.3 is 0 Å². The number of nitrogens with zero attached hydrogens (tertiary/aromatic N) is 1. The summed E-state index contributed by atoms with van der Waals surface area (Å²) in [4.78, 5) is 17.5. The number of hydrogen-bond acceptors (Lipinski definition) is 4. The van der Waals surface area contributed by atoms with E-state index in [1.54, 1.807) is 7.11 Å². The van der Waals surface area contributed by atoms with Crippen LogP contribution in [0.25, 0.3) is 16.8 Å². The molecular weight excluding hydrogens is 344 g/mol. The van der Waals surface area contributed by atoms with Crippen molar-refractivity contribution < 1.29 is 9.53 Å². The molecule has 0 aromatic heterocycles. The molecule has 0 radical (unpaired) electrons. The maximum absolute atomic E-state index is 12.3. The van der Waals surface area contributed by atoms with E-state index < -0.39 is 0 Å². The highest BCUT2D eigenvalue weighted by atomic mass is 32.2. The summed E-state index contributed by atoms with van der Waals surface area (Å²) in [6.45, 7) is 0. The summed E-state index contributed by atoms with van der Waals surface area (Å²) < 4.78 is 5.15. The van der Waals surface area contributed by atoms with Crippen LogP contribution in [0.5, 0.6) is 5.75 Å². The Hall–Kier alpha value is -3.05. The number of aliphatic imine (C=N–C) groups is 1. The lowest BCUT2D eigenvalue weighted by Crippen LogP contribution is -2.19. The van der Waals surface area contributed by atoms with Crippen molar-refractivity contribution in [2.75, 3.05) is 7.11 Å². The van der Waals surface area contributed by atoms with E-state index >= 15 is 0 Å². The molecule has 4 nitrogen and oxygen atoms in total. The predicted octanol–water partition coefficient (Wildman–Crippen LogP) is 4.74. The summed E-state index contributed by atoms with van der Waals surface area (Å²) in [7, 11) is 1.63. The van der Waals surface area contributed by atoms with E-state index in [1.807, 2.05) is 60.7 Å². The standard InChI is InChI=1S/C21H16N2O2S/c1-25-16-11-9-14(10-12-16)13-19-20(24)23-21(26-19)22-18-8-4-6-15-5-2-3-7-17(15)18/h2-13H,1H3,(H,22,23,24). The Morgan fingerprint density at radius 3 is 2.58 bits per heavy atom. The summed E-state index contributed by atoms with van der Waals surface area (Å²) >= 11 is 1.35. The van der Waals surface area contributed by atoms with Crippen LogP contribution in [0, 0.1) is 0 Å². The molecule has 1 heterocycles. The van der Waals surface area contributed by atoms with Crippen LogP contribution < -0.4 is 10.1 Å². The van der Waals surface area contributed by atoms with Crippen molar-refractivity contribution in [2.45, 2.75) is 0 Å². The average Bonchev–Trinajstić information content (AvgIpc) is 3.01. The highest BCUT2D eigenvalue weighted by molar-refractivity contribution is 8.18. The average molecular weight is 360 g/mol. The van der Waals surface area contributed by atoms with E-state index in [9.17, 15) is 4.79 Å². The van der Waals surface area contributed by atoms with Gasteiger partial charge in [0.05, 0.1) is 17.7 Å². The SMILES string of the molecule is COc1ccc(C=C2SC(=Nc3cccc4ccccc34)NC2=O)cc1. The fourth-order valence-corrected chi connectivity index (χ4v) is 3.58. The molecule has 26 heavy (non-hydrogen) atoms. The van der Waals surface area contributed by atoms with E-state index in [2.05, 4.69) is 22.4 Å². The second-order valence-electron chi connectivity index (χ2n) is 5.75. The van der Waals surface area contributed by atoms with Gasteiger partial charge < -0.3 is 10.1 Å². The van der Waals surface area contributed by atoms with E-state index in [-0.39, 0.29) is 5.91 Å². The van der Waals surface area contributed by atoms with Gasteiger partial charge in [-0.2, -0.15) is 0 Å². The van der Waals surface area contributed by atoms with Gasteiger partial charge in [-0.15, -0.1) is 0 Å². The number of nitrogens with one attached hydrogen (secondary N) is 1. The van der Waals surface area contributed by atoms with Gasteiger partial charge in [0.25, 0.3) is 5.91 Å². The van der Waals surface area contributed by atoms with Crippen molar-refractivity contribution in [3.8, 4) is 5.75 Å². The third-order valence-electron chi connectivity index (χ3n) is 4.05. The Bertz CT molecular complexity index is 1030. The lowest BCUT2D eigenvalue weighted by molar-refractivity contribution is -0.115. The number of carbonyl (C=O) groups is 1. The molecule has 1 N–H and O–H groups in total. The molecule has 4 rings (SSSR count). The van der Waals surface area contributed by atoms with E-state index in [4.69, 9.17) is 4.74 Å². The molecule has 0 atom stereocenters. The number of amides is 1. The molecule has 0 saturated carbocycles. The molecule has 1 aliphatic rings. The zero-order chi connectivity index (χ0) is 17.9. The number of thioether (sulfide) groups is 1. The highest BCUT2D eigenvalue weighted by Gasteiger charge is 2.23. The Balaban J connectivity index is 1.62. The van der Waals surface area contributed by atoms with Gasteiger partial charge in [-0.05, 0) is 47.0 Å². The third-order valence-corrected chi connectivity index (χ3v) is 4.96. The zero-order valence-corrected chi connectivity index (χ0v) is 14.9. The van der Waals surface area contributed by atoms with Crippen molar-refractivity contribution in [2.24, 2.45) is 4.99 Å². The largest absolute Gasteiger partial charge is 0.497 e. The number of methoxy groups -OCH3 is 1. The summed E-state index contributed by atoms with van der Waals surface area (Å²) in [5.41, 5.74) is 1.78. The normalized spacial score (nSPS) is 17.0. The molecule has 0 unspecified atom stereocenters. The molecule has 5 heteroatoms. The summed E-state index contributed by atoms with van der Waals surface area (Å²) in [6.07, 6.45) is 1.85. The van der Waals surface area contributed by atoms with Crippen molar-refractivity contribution in [1.82, 2.24) is 5.32 Å². The van der Waals surface area contributed by atoms with Crippen molar-refractivity contribution in [1.29, 1.82) is 0 Å². The van der Waals surface area contributed by atoms with Gasteiger partial charge in [0, 0.05) is 5.39 Å². The minimum atomic E-state index is -0.134. The first kappa shape index (κ1) is 16.4. The van der Waals surface area contributed by atoms with Crippen LogP contribution in [0.2, 0.25) is 0 Å². The van der Waals surface area contributed by atoms with E-state index in [1.165, 1.54) is 11.8 Å². The van der Waals surface area contributed by atoms with Gasteiger partial charge in [-0.3, -0.25) is 4.79 Å². The van der Waals surface area contributed by atoms with Gasteiger partial charge in [0.15, 0.2) is 5.17 Å². The fraction of sp³-hybridized carbons (Fsp3) is 0.0476. The molecule has 1 amide bonds. The summed E-state index contributed by atoms with van der Waals surface area (Å²) in [6, 6.07) is 21.6. The summed E-state index contributed by atoms with van der Waals surface area (Å²) in [5.74, 6) is 0.652. The minimum absolute atomic E-state index is 0.134. The van der Waals surface area contributed by atoms with Gasteiger partial charge in [-0.1, -0.05) is 48.5 Å². The lowest BCUT2D eigenvalue weighted by atomic mass is 10.1. The van der Waals surface area contributed by atoms with Crippen LogP contribution in [0.1, 0.15) is 5.56 Å². The van der Waals surface area contributed by atoms with E-state index in [0.29, 0.717) is 10.1 Å². The van der Waals surface area contributed by atoms with E-state index in [0.717, 1.165) is 27.8 Å². The number of hydrogen-bond donors (Lipinski definition) is 1. The number of carbonyl (C=O) groups excluding carboxylic acids is 1. The van der Waals surface area contributed by atoms with Crippen LogP contribution in [0.4, 0.5) is 5.69 Å². The molecule has 128 valence electrons. The predicted molar refractivity (Wildman–Crippen MR) is 108 cm³/mol. The van der Waals surface area contributed by atoms with Crippen molar-refractivity contribution in [3.63, 3.8) is 0 Å². The second-order valence-corrected chi connectivity index (χ2v) is 6.78. The second kappa shape index (κ2) is 7.06. The van der Waals surface area contributed by atoms with Crippen LogP contribution >= 0.6 is 11.8 Å². The fourth-order valence-electron chi connectivity index (χ4n) is 2.75. The Labute approximate surface area is 155 Å². The molecule has 0 spiro atoms. The first-order valence-electron chi connectivity index (χ1n) is 8.14. The Morgan fingerprint density at radius 2 is 1.77 bits per heavy atom. The molecule has 1 aliphatic heterocycles. The van der Waals surface area contributed by atoms with Crippen molar-refractivity contribution >= 4 is 45.4 Å². The number of ether oxygens (including phenoxy) is 1. The smallest absolute Gasteiger partial charge is 0.264 e. The van der Waals surface area contributed by atoms with Crippen molar-refractivity contribution in [3.05, 3.63) is 77.2 Å². The van der Waals surface area contributed by atoms with Gasteiger partial charge in [0.1, 0.15) is 5.75 Å². The molecule has 0 aliphatic carbocycles. The molecular formula is C21H16N2O2S. The van der Waals surface area contributed by atoms with Crippen LogP contribution in [-0.2, 0) is 4.79 Å². The van der Waals surface area contributed by atoms with Crippen LogP contribution in [-0.4, -0.2) is 18.2 Å². The zero-order valence-electron chi connectivity index (χ0n) is 14.1. The Kier molecular flexibility index (Phi) is 4.46. The quantitative estimate of drug-likeness (QED) is 0.687. The third kappa shape index (κ3) is 3.34. The Morgan fingerprint density at radius 1 is 1.00 bits per heavy atom. The van der Waals surface area contributed by atoms with Gasteiger partial charge in [0.2, 0.25) is 0 Å². The molecule has 1 saturated heterocycles. The number of fused-ring (bicyclic) bond motifs is 1. The first-order chi connectivity index (χ1) is 12.7. The molecule has 3 aromatic rings.